The third-order valence-corrected chi connectivity index (χ3v) is 9.68. The van der Waals surface area contributed by atoms with Crippen molar-refractivity contribution in [1.29, 1.82) is 0 Å². The molecule has 0 saturated carbocycles. The first-order valence-corrected chi connectivity index (χ1v) is 17.4. The van der Waals surface area contributed by atoms with E-state index in [1.54, 1.807) is 30.3 Å². The smallest absolute Gasteiger partial charge is 0.329 e. The second kappa shape index (κ2) is 17.4. The molecule has 1 aliphatic rings. The molecule has 10 N–H and O–H groups in total. The number of phenolic OH excluding ortho intramolecular Hbond substituents is 1. The minimum atomic E-state index is -1.38. The Morgan fingerprint density at radius 2 is 1.47 bits per heavy atom. The van der Waals surface area contributed by atoms with Crippen molar-refractivity contribution in [2.75, 3.05) is 11.1 Å². The van der Waals surface area contributed by atoms with Crippen LogP contribution in [0, 0.1) is 0 Å². The van der Waals surface area contributed by atoms with Crippen LogP contribution >= 0.6 is 23.1 Å². The average Bonchev–Trinajstić information content (AvgIpc) is 3.73. The normalized spacial score (nSPS) is 15.5. The summed E-state index contributed by atoms with van der Waals surface area (Å²) < 4.78 is 0.684. The largest absolute Gasteiger partial charge is 0.508 e. The van der Waals surface area contributed by atoms with Crippen molar-refractivity contribution < 1.29 is 43.8 Å². The number of phenols is 1. The number of nitrogens with two attached hydrogens (primary N) is 2. The predicted octanol–water partition coefficient (Wildman–Crippen LogP) is 0.135. The van der Waals surface area contributed by atoms with E-state index in [1.165, 1.54) is 42.2 Å². The van der Waals surface area contributed by atoms with Crippen molar-refractivity contribution in [3.05, 3.63) is 53.0 Å². The van der Waals surface area contributed by atoms with Crippen LogP contribution in [0.1, 0.15) is 43.2 Å². The Balaban J connectivity index is 1.55. The molecule has 6 amide bonds. The number of nitrogens with one attached hydrogen (secondary N) is 4. The Hall–Kier alpha value is -5.56. The van der Waals surface area contributed by atoms with Gasteiger partial charge < -0.3 is 42.9 Å². The predicted molar refractivity (Wildman–Crippen MR) is 189 cm³/mol. The number of carboxylic acids is 1. The van der Waals surface area contributed by atoms with Crippen molar-refractivity contribution in [3.8, 4) is 5.75 Å². The summed E-state index contributed by atoms with van der Waals surface area (Å²) in [5.41, 5.74) is 12.1. The molecule has 17 nitrogen and oxygen atoms in total. The van der Waals surface area contributed by atoms with Crippen LogP contribution in [-0.2, 0) is 40.0 Å². The molecule has 3 aromatic rings. The maximum atomic E-state index is 13.7. The highest BCUT2D eigenvalue weighted by atomic mass is 32.2. The molecule has 4 rings (SSSR count). The van der Waals surface area contributed by atoms with Gasteiger partial charge in [-0.15, -0.1) is 23.1 Å². The summed E-state index contributed by atoms with van der Waals surface area (Å²) in [7, 11) is 0. The minimum Gasteiger partial charge on any atom is -0.508 e. The van der Waals surface area contributed by atoms with E-state index in [0.717, 1.165) is 0 Å². The summed E-state index contributed by atoms with van der Waals surface area (Å²) in [4.78, 5) is 95.4. The molecular formula is C32H36N8O9S2. The highest BCUT2D eigenvalue weighted by Gasteiger charge is 2.31. The summed E-state index contributed by atoms with van der Waals surface area (Å²) in [5, 5.41) is 30.4. The number of thioether (sulfide) groups is 1. The SMILES string of the molecule is CC(=O)NC(CCC(N)=O)C(=O)NC(CCC(N)=O)C(=O)NC(Cc1ccc(O)cc1)C(=O)Nc1ccc2nc(C3=NC(C(=O)O)CS3)sc2c1. The zero-order valence-electron chi connectivity index (χ0n) is 27.2. The molecule has 0 spiro atoms. The number of aromatic hydroxyl groups is 1. The summed E-state index contributed by atoms with van der Waals surface area (Å²) >= 11 is 2.56. The molecule has 51 heavy (non-hydrogen) atoms. The van der Waals surface area contributed by atoms with Crippen molar-refractivity contribution in [2.24, 2.45) is 16.5 Å². The van der Waals surface area contributed by atoms with Crippen LogP contribution in [0.15, 0.2) is 47.5 Å². The van der Waals surface area contributed by atoms with E-state index in [1.807, 2.05) is 0 Å². The lowest BCUT2D eigenvalue weighted by Gasteiger charge is -2.25. The number of carboxylic acid groups (broad SMARTS) is 1. The van der Waals surface area contributed by atoms with Gasteiger partial charge in [0.15, 0.2) is 6.04 Å². The van der Waals surface area contributed by atoms with Crippen LogP contribution in [0.4, 0.5) is 5.69 Å². The topological polar surface area (TPSA) is 285 Å². The zero-order chi connectivity index (χ0) is 37.2. The van der Waals surface area contributed by atoms with Gasteiger partial charge in [0.1, 0.15) is 33.9 Å². The Bertz CT molecular complexity index is 1860. The second-order valence-corrected chi connectivity index (χ2v) is 13.6. The van der Waals surface area contributed by atoms with Crippen LogP contribution in [0.3, 0.4) is 0 Å². The molecule has 0 fully saturated rings. The van der Waals surface area contributed by atoms with E-state index in [2.05, 4.69) is 31.2 Å². The number of benzene rings is 2. The second-order valence-electron chi connectivity index (χ2n) is 11.5. The van der Waals surface area contributed by atoms with E-state index < -0.39 is 65.6 Å². The van der Waals surface area contributed by atoms with E-state index in [9.17, 15) is 43.8 Å². The zero-order valence-corrected chi connectivity index (χ0v) is 28.8. The van der Waals surface area contributed by atoms with Gasteiger partial charge in [-0.2, -0.15) is 0 Å². The quantitative estimate of drug-likeness (QED) is 0.0921. The summed E-state index contributed by atoms with van der Waals surface area (Å²) in [6.07, 6.45) is -0.990. The third-order valence-electron chi connectivity index (χ3n) is 7.47. The first-order valence-electron chi connectivity index (χ1n) is 15.6. The molecule has 0 bridgehead atoms. The Morgan fingerprint density at radius 1 is 0.863 bits per heavy atom. The molecule has 19 heteroatoms. The Morgan fingerprint density at radius 3 is 2.04 bits per heavy atom. The van der Waals surface area contributed by atoms with Gasteiger partial charge >= 0.3 is 5.97 Å². The molecule has 2 aromatic carbocycles. The van der Waals surface area contributed by atoms with E-state index in [-0.39, 0.29) is 37.9 Å². The van der Waals surface area contributed by atoms with Gasteiger partial charge in [-0.1, -0.05) is 12.1 Å². The number of aromatic nitrogens is 1. The highest BCUT2D eigenvalue weighted by molar-refractivity contribution is 8.15. The van der Waals surface area contributed by atoms with Crippen LogP contribution in [-0.4, -0.2) is 91.6 Å². The lowest BCUT2D eigenvalue weighted by Crippen LogP contribution is -2.56. The number of hydrogen-bond donors (Lipinski definition) is 8. The van der Waals surface area contributed by atoms with Crippen LogP contribution in [0.25, 0.3) is 10.2 Å². The van der Waals surface area contributed by atoms with Crippen molar-refractivity contribution >= 4 is 85.5 Å². The molecule has 1 aliphatic heterocycles. The fourth-order valence-corrected chi connectivity index (χ4v) is 7.02. The minimum absolute atomic E-state index is 0.0132. The fourth-order valence-electron chi connectivity index (χ4n) is 4.92. The highest BCUT2D eigenvalue weighted by Crippen LogP contribution is 2.31. The summed E-state index contributed by atoms with van der Waals surface area (Å²) in [5.74, 6) is -5.08. The van der Waals surface area contributed by atoms with Crippen LogP contribution in [0.5, 0.6) is 5.75 Å². The number of aliphatic imine (C=N–C) groups is 1. The number of thiazole rings is 1. The first-order chi connectivity index (χ1) is 24.2. The Kier molecular flexibility index (Phi) is 13.0. The molecule has 0 radical (unpaired) electrons. The number of carbonyl (C=O) groups excluding carboxylic acids is 6. The molecule has 270 valence electrons. The third kappa shape index (κ3) is 11.2. The average molecular weight is 741 g/mol. The molecule has 1 aromatic heterocycles. The van der Waals surface area contributed by atoms with E-state index >= 15 is 0 Å². The van der Waals surface area contributed by atoms with Gasteiger partial charge in [0.25, 0.3) is 0 Å². The lowest BCUT2D eigenvalue weighted by molar-refractivity contribution is -0.137. The van der Waals surface area contributed by atoms with E-state index in [4.69, 9.17) is 11.5 Å². The monoisotopic (exact) mass is 740 g/mol. The van der Waals surface area contributed by atoms with Crippen molar-refractivity contribution in [1.82, 2.24) is 20.9 Å². The number of primary amides is 2. The van der Waals surface area contributed by atoms with Gasteiger partial charge in [-0.3, -0.25) is 33.8 Å². The maximum Gasteiger partial charge on any atom is 0.329 e. The van der Waals surface area contributed by atoms with Crippen molar-refractivity contribution in [2.45, 2.75) is 63.2 Å². The summed E-state index contributed by atoms with van der Waals surface area (Å²) in [6, 6.07) is 6.22. The molecule has 0 saturated heterocycles. The number of amides is 6. The van der Waals surface area contributed by atoms with E-state index in [0.29, 0.717) is 37.3 Å². The molecule has 0 aliphatic carbocycles. The number of anilines is 1. The van der Waals surface area contributed by atoms with Crippen LogP contribution in [0.2, 0.25) is 0 Å². The maximum absolute atomic E-state index is 13.7. The molecule has 2 heterocycles. The van der Waals surface area contributed by atoms with Gasteiger partial charge in [0, 0.05) is 37.6 Å². The lowest BCUT2D eigenvalue weighted by atomic mass is 10.0. The number of rotatable bonds is 17. The Labute approximate surface area is 299 Å². The molecule has 4 atom stereocenters. The van der Waals surface area contributed by atoms with Gasteiger partial charge in [0.05, 0.1) is 10.2 Å². The summed E-state index contributed by atoms with van der Waals surface area (Å²) in [6.45, 7) is 1.17. The standard InChI is InChI=1S/C32H36N8O9S2/c1-15(41)35-20(8-10-25(33)43)27(45)37-21(9-11-26(34)44)28(46)38-22(12-16-2-5-18(42)6-3-16)29(47)36-17-4-7-19-24(13-17)51-31(39-19)30-40-23(14-50-30)32(48)49/h2-7,13,20-23,42H,8-12,14H2,1H3,(H2,33,43)(H2,34,44)(H,35,41)(H,36,47)(H,37,45)(H,38,46)(H,48,49). The molecule has 4 unspecified atom stereocenters. The van der Waals surface area contributed by atoms with Gasteiger partial charge in [-0.25, -0.2) is 9.78 Å². The number of fused-ring (bicyclic) bond motifs is 1. The fraction of sp³-hybridized carbons (Fsp3) is 0.344. The van der Waals surface area contributed by atoms with Gasteiger partial charge in [-0.05, 0) is 48.7 Å². The number of carbonyl (C=O) groups is 7. The first kappa shape index (κ1) is 38.2. The number of aliphatic carboxylic acids is 1. The van der Waals surface area contributed by atoms with Crippen LogP contribution < -0.4 is 32.7 Å². The van der Waals surface area contributed by atoms with Gasteiger partial charge in [0.2, 0.25) is 35.4 Å². The molecular weight excluding hydrogens is 705 g/mol. The number of hydrogen-bond acceptors (Lipinski definition) is 12. The number of nitrogens with zero attached hydrogens (tertiary/aromatic N) is 2. The van der Waals surface area contributed by atoms with Crippen molar-refractivity contribution in [3.63, 3.8) is 0 Å².